The highest BCUT2D eigenvalue weighted by Crippen LogP contribution is 2.31. The van der Waals surface area contributed by atoms with E-state index < -0.39 is 0 Å². The molecule has 5 rings (SSSR count). The van der Waals surface area contributed by atoms with Crippen LogP contribution in [0, 0.1) is 5.92 Å². The molecule has 0 bridgehead atoms. The van der Waals surface area contributed by atoms with Gasteiger partial charge in [-0.2, -0.15) is 0 Å². The van der Waals surface area contributed by atoms with Crippen LogP contribution in [0.25, 0.3) is 33.2 Å². The molecular weight excluding hydrogens is 288 g/mol. The van der Waals surface area contributed by atoms with Crippen LogP contribution in [-0.4, -0.2) is 19.5 Å². The van der Waals surface area contributed by atoms with Crippen molar-refractivity contribution in [3.05, 3.63) is 53.2 Å². The molecule has 0 unspecified atom stereocenters. The molecule has 1 fully saturated rings. The van der Waals surface area contributed by atoms with Gasteiger partial charge >= 0.3 is 5.69 Å². The lowest BCUT2D eigenvalue weighted by Gasteiger charge is -2.05. The maximum absolute atomic E-state index is 12.2. The largest absolute Gasteiger partial charge is 0.361 e. The molecule has 0 radical (unpaired) electrons. The average molecular weight is 304 g/mol. The smallest absolute Gasteiger partial charge is 0.327 e. The van der Waals surface area contributed by atoms with Crippen LogP contribution in [0.3, 0.4) is 0 Å². The molecule has 1 aliphatic carbocycles. The van der Waals surface area contributed by atoms with Crippen molar-refractivity contribution in [3.63, 3.8) is 0 Å². The number of pyridine rings is 1. The Hall–Kier alpha value is -2.82. The monoisotopic (exact) mass is 304 g/mol. The highest BCUT2D eigenvalue weighted by molar-refractivity contribution is 5.86. The van der Waals surface area contributed by atoms with Crippen molar-refractivity contribution < 1.29 is 0 Å². The van der Waals surface area contributed by atoms with Crippen LogP contribution < -0.4 is 5.69 Å². The van der Waals surface area contributed by atoms with Crippen LogP contribution in [0.5, 0.6) is 0 Å². The van der Waals surface area contributed by atoms with E-state index in [4.69, 9.17) is 0 Å². The number of aromatic nitrogens is 4. The number of hydrogen-bond acceptors (Lipinski definition) is 2. The molecule has 4 aromatic rings. The van der Waals surface area contributed by atoms with E-state index >= 15 is 0 Å². The van der Waals surface area contributed by atoms with Gasteiger partial charge in [-0.05, 0) is 54.0 Å². The summed E-state index contributed by atoms with van der Waals surface area (Å²) < 4.78 is 1.83. The van der Waals surface area contributed by atoms with Crippen LogP contribution in [0.1, 0.15) is 12.8 Å². The van der Waals surface area contributed by atoms with Gasteiger partial charge in [-0.1, -0.05) is 6.07 Å². The third-order valence-electron chi connectivity index (χ3n) is 4.65. The predicted octanol–water partition coefficient (Wildman–Crippen LogP) is 3.28. The maximum atomic E-state index is 12.2. The van der Waals surface area contributed by atoms with Gasteiger partial charge in [0.1, 0.15) is 0 Å². The molecule has 2 N–H and O–H groups in total. The number of H-pyrrole nitrogens is 2. The summed E-state index contributed by atoms with van der Waals surface area (Å²) in [4.78, 5) is 22.7. The molecule has 23 heavy (non-hydrogen) atoms. The molecule has 114 valence electrons. The summed E-state index contributed by atoms with van der Waals surface area (Å²) in [6.45, 7) is 0.792. The molecule has 0 saturated heterocycles. The molecule has 0 atom stereocenters. The second-order valence-corrected chi connectivity index (χ2v) is 6.36. The summed E-state index contributed by atoms with van der Waals surface area (Å²) >= 11 is 0. The standard InChI is InChI=1S/C18H16N4O/c23-18-21-17-16(22(18)10-11-1-2-11)8-14(9-20-17)12-3-4-15-13(7-12)5-6-19-15/h3-9,11,19H,1-2,10H2,(H,20,21,23). The van der Waals surface area contributed by atoms with Gasteiger partial charge in [-0.3, -0.25) is 9.55 Å². The minimum absolute atomic E-state index is 0.0577. The van der Waals surface area contributed by atoms with Crippen molar-refractivity contribution in [2.24, 2.45) is 5.92 Å². The minimum Gasteiger partial charge on any atom is -0.361 e. The van der Waals surface area contributed by atoms with Crippen molar-refractivity contribution in [2.75, 3.05) is 0 Å². The van der Waals surface area contributed by atoms with Gasteiger partial charge in [0.15, 0.2) is 5.65 Å². The molecule has 0 aliphatic heterocycles. The molecule has 0 spiro atoms. The fraction of sp³-hybridized carbons (Fsp3) is 0.222. The molecular formula is C18H16N4O. The summed E-state index contributed by atoms with van der Waals surface area (Å²) in [6.07, 6.45) is 6.20. The molecule has 5 nitrogen and oxygen atoms in total. The third kappa shape index (κ3) is 2.08. The highest BCUT2D eigenvalue weighted by Gasteiger charge is 2.23. The van der Waals surface area contributed by atoms with Gasteiger partial charge < -0.3 is 4.98 Å². The van der Waals surface area contributed by atoms with Crippen molar-refractivity contribution in [3.8, 4) is 11.1 Å². The molecule has 0 amide bonds. The van der Waals surface area contributed by atoms with E-state index in [1.807, 2.05) is 17.0 Å². The summed E-state index contributed by atoms with van der Waals surface area (Å²) in [5.41, 5.74) is 4.77. The highest BCUT2D eigenvalue weighted by atomic mass is 16.1. The fourth-order valence-electron chi connectivity index (χ4n) is 3.16. The zero-order chi connectivity index (χ0) is 15.4. The first kappa shape index (κ1) is 12.7. The fourth-order valence-corrected chi connectivity index (χ4v) is 3.16. The number of fused-ring (bicyclic) bond motifs is 2. The predicted molar refractivity (Wildman–Crippen MR) is 90.4 cm³/mol. The van der Waals surface area contributed by atoms with Crippen LogP contribution in [0.2, 0.25) is 0 Å². The Labute approximate surface area is 132 Å². The minimum atomic E-state index is -0.0577. The first-order valence-electron chi connectivity index (χ1n) is 7.94. The van der Waals surface area contributed by atoms with Crippen molar-refractivity contribution in [2.45, 2.75) is 19.4 Å². The number of benzene rings is 1. The first-order valence-corrected chi connectivity index (χ1v) is 7.94. The Kier molecular flexibility index (Phi) is 2.53. The summed E-state index contributed by atoms with van der Waals surface area (Å²) in [5.74, 6) is 0.645. The molecule has 1 aliphatic rings. The van der Waals surface area contributed by atoms with Crippen LogP contribution in [-0.2, 0) is 6.54 Å². The topological polar surface area (TPSA) is 66.5 Å². The quantitative estimate of drug-likeness (QED) is 0.610. The van der Waals surface area contributed by atoms with E-state index in [-0.39, 0.29) is 5.69 Å². The summed E-state index contributed by atoms with van der Waals surface area (Å²) in [5, 5.41) is 1.17. The van der Waals surface area contributed by atoms with Gasteiger partial charge in [0, 0.05) is 30.0 Å². The lowest BCUT2D eigenvalue weighted by atomic mass is 10.1. The van der Waals surface area contributed by atoms with Gasteiger partial charge in [0.2, 0.25) is 0 Å². The van der Waals surface area contributed by atoms with Crippen molar-refractivity contribution in [1.82, 2.24) is 19.5 Å². The summed E-state index contributed by atoms with van der Waals surface area (Å²) in [6, 6.07) is 10.4. The van der Waals surface area contributed by atoms with Crippen molar-refractivity contribution in [1.29, 1.82) is 0 Å². The lowest BCUT2D eigenvalue weighted by Crippen LogP contribution is -2.17. The maximum Gasteiger partial charge on any atom is 0.327 e. The Morgan fingerprint density at radius 2 is 2.09 bits per heavy atom. The van der Waals surface area contributed by atoms with Gasteiger partial charge in [0.25, 0.3) is 0 Å². The number of nitrogens with one attached hydrogen (secondary N) is 2. The Bertz CT molecular complexity index is 1080. The van der Waals surface area contributed by atoms with E-state index in [1.165, 1.54) is 18.2 Å². The number of imidazole rings is 1. The van der Waals surface area contributed by atoms with Crippen LogP contribution in [0.15, 0.2) is 47.5 Å². The van der Waals surface area contributed by atoms with Crippen molar-refractivity contribution >= 4 is 22.1 Å². The van der Waals surface area contributed by atoms with E-state index in [0.717, 1.165) is 28.7 Å². The second kappa shape index (κ2) is 4.59. The molecule has 1 aromatic carbocycles. The second-order valence-electron chi connectivity index (χ2n) is 6.36. The molecule has 1 saturated carbocycles. The molecule has 3 aromatic heterocycles. The van der Waals surface area contributed by atoms with E-state index in [9.17, 15) is 4.79 Å². The van der Waals surface area contributed by atoms with Gasteiger partial charge in [-0.15, -0.1) is 0 Å². The van der Waals surface area contributed by atoms with E-state index in [1.54, 1.807) is 0 Å². The molecule has 3 heterocycles. The third-order valence-corrected chi connectivity index (χ3v) is 4.65. The van der Waals surface area contributed by atoms with Crippen LogP contribution >= 0.6 is 0 Å². The number of rotatable bonds is 3. The average Bonchev–Trinajstić information content (AvgIpc) is 3.17. The van der Waals surface area contributed by atoms with Crippen LogP contribution in [0.4, 0.5) is 0 Å². The van der Waals surface area contributed by atoms with E-state index in [0.29, 0.717) is 11.6 Å². The number of hydrogen-bond donors (Lipinski definition) is 2. The Balaban J connectivity index is 1.67. The molecule has 5 heteroatoms. The van der Waals surface area contributed by atoms with Gasteiger partial charge in [0.05, 0.1) is 5.52 Å². The SMILES string of the molecule is O=c1[nH]c2ncc(-c3ccc4[nH]ccc4c3)cc2n1CC1CC1. The van der Waals surface area contributed by atoms with E-state index in [2.05, 4.69) is 45.3 Å². The Morgan fingerprint density at radius 1 is 1.17 bits per heavy atom. The lowest BCUT2D eigenvalue weighted by molar-refractivity contribution is 0.624. The number of aromatic amines is 2. The zero-order valence-electron chi connectivity index (χ0n) is 12.5. The zero-order valence-corrected chi connectivity index (χ0v) is 12.5. The Morgan fingerprint density at radius 3 is 2.96 bits per heavy atom. The normalized spacial score (nSPS) is 14.8. The first-order chi connectivity index (χ1) is 11.3. The van der Waals surface area contributed by atoms with Gasteiger partial charge in [-0.25, -0.2) is 9.78 Å². The summed E-state index contributed by atoms with van der Waals surface area (Å²) in [7, 11) is 0. The number of nitrogens with zero attached hydrogens (tertiary/aromatic N) is 2.